The van der Waals surface area contributed by atoms with Crippen molar-refractivity contribution in [2.45, 2.75) is 13.3 Å². The maximum atomic E-state index is 11.6. The number of aromatic nitrogens is 1. The molecule has 0 aliphatic heterocycles. The molecule has 0 atom stereocenters. The first-order valence-corrected chi connectivity index (χ1v) is 4.28. The fourth-order valence-electron chi connectivity index (χ4n) is 1.17. The van der Waals surface area contributed by atoms with Gasteiger partial charge in [0.2, 0.25) is 5.78 Å². The SMILES string of the molecule is Cc1ccc(C(=O)C2=CC[CH]2)nc1. The molecular formula is C11H10NO. The van der Waals surface area contributed by atoms with Gasteiger partial charge in [0, 0.05) is 11.8 Å². The molecule has 0 unspecified atom stereocenters. The first kappa shape index (κ1) is 8.17. The number of hydrogen-bond acceptors (Lipinski definition) is 2. The normalized spacial score (nSPS) is 14.7. The molecular weight excluding hydrogens is 162 g/mol. The highest BCUT2D eigenvalue weighted by molar-refractivity contribution is 6.09. The van der Waals surface area contributed by atoms with Crippen LogP contribution in [0, 0.1) is 13.3 Å². The molecule has 0 saturated heterocycles. The van der Waals surface area contributed by atoms with Crippen LogP contribution < -0.4 is 0 Å². The van der Waals surface area contributed by atoms with Gasteiger partial charge in [0.15, 0.2) is 0 Å². The van der Waals surface area contributed by atoms with E-state index in [4.69, 9.17) is 0 Å². The molecule has 0 bridgehead atoms. The standard InChI is InChI=1S/C11H10NO/c1-8-5-6-10(12-7-8)11(13)9-3-2-4-9/h3-7H,2H2,1H3. The number of carbonyl (C=O) groups is 1. The maximum Gasteiger partial charge on any atom is 0.207 e. The number of ketones is 1. The molecule has 1 aliphatic carbocycles. The Labute approximate surface area is 77.3 Å². The van der Waals surface area contributed by atoms with Crippen LogP contribution in [0.5, 0.6) is 0 Å². The summed E-state index contributed by atoms with van der Waals surface area (Å²) in [4.78, 5) is 15.6. The van der Waals surface area contributed by atoms with E-state index in [9.17, 15) is 4.79 Å². The number of aryl methyl sites for hydroxylation is 1. The van der Waals surface area contributed by atoms with Crippen molar-refractivity contribution in [2.75, 3.05) is 0 Å². The lowest BCUT2D eigenvalue weighted by Gasteiger charge is -2.11. The molecule has 1 radical (unpaired) electrons. The van der Waals surface area contributed by atoms with Crippen LogP contribution in [0.15, 0.2) is 30.0 Å². The molecule has 1 heterocycles. The third kappa shape index (κ3) is 1.52. The summed E-state index contributed by atoms with van der Waals surface area (Å²) in [5, 5.41) is 0. The van der Waals surface area contributed by atoms with Crippen LogP contribution in [0.1, 0.15) is 22.5 Å². The third-order valence-electron chi connectivity index (χ3n) is 2.08. The van der Waals surface area contributed by atoms with E-state index in [2.05, 4.69) is 4.98 Å². The molecule has 0 saturated carbocycles. The molecule has 0 amide bonds. The Morgan fingerprint density at radius 3 is 2.69 bits per heavy atom. The van der Waals surface area contributed by atoms with Gasteiger partial charge in [-0.2, -0.15) is 0 Å². The Hall–Kier alpha value is -1.44. The molecule has 0 spiro atoms. The minimum atomic E-state index is 0.0336. The Morgan fingerprint density at radius 1 is 1.46 bits per heavy atom. The van der Waals surface area contributed by atoms with Gasteiger partial charge in [-0.15, -0.1) is 0 Å². The summed E-state index contributed by atoms with van der Waals surface area (Å²) in [6.07, 6.45) is 6.47. The summed E-state index contributed by atoms with van der Waals surface area (Å²) >= 11 is 0. The van der Waals surface area contributed by atoms with Crippen LogP contribution in [0.25, 0.3) is 0 Å². The minimum absolute atomic E-state index is 0.0336. The summed E-state index contributed by atoms with van der Waals surface area (Å²) < 4.78 is 0. The molecule has 0 N–H and O–H groups in total. The highest BCUT2D eigenvalue weighted by atomic mass is 16.1. The Bertz CT molecular complexity index is 362. The number of Topliss-reactive ketones (excluding diaryl/α,β-unsaturated/α-hetero) is 1. The zero-order chi connectivity index (χ0) is 9.26. The number of hydrogen-bond donors (Lipinski definition) is 0. The Morgan fingerprint density at radius 2 is 2.23 bits per heavy atom. The van der Waals surface area contributed by atoms with Gasteiger partial charge in [-0.3, -0.25) is 9.78 Å². The fourth-order valence-corrected chi connectivity index (χ4v) is 1.17. The second-order valence-corrected chi connectivity index (χ2v) is 3.15. The molecule has 0 aromatic carbocycles. The predicted octanol–water partition coefficient (Wildman–Crippen LogP) is 2.11. The van der Waals surface area contributed by atoms with Gasteiger partial charge in [0.05, 0.1) is 0 Å². The second kappa shape index (κ2) is 3.13. The summed E-state index contributed by atoms with van der Waals surface area (Å²) in [5.74, 6) is 0.0336. The quantitative estimate of drug-likeness (QED) is 0.639. The summed E-state index contributed by atoms with van der Waals surface area (Å²) in [7, 11) is 0. The third-order valence-corrected chi connectivity index (χ3v) is 2.08. The van der Waals surface area contributed by atoms with E-state index < -0.39 is 0 Å². The van der Waals surface area contributed by atoms with E-state index in [1.165, 1.54) is 0 Å². The molecule has 1 aromatic heterocycles. The van der Waals surface area contributed by atoms with Crippen molar-refractivity contribution in [3.8, 4) is 0 Å². The summed E-state index contributed by atoms with van der Waals surface area (Å²) in [6, 6.07) is 3.67. The molecule has 1 aromatic rings. The first-order valence-electron chi connectivity index (χ1n) is 4.28. The van der Waals surface area contributed by atoms with E-state index in [0.29, 0.717) is 5.69 Å². The molecule has 2 nitrogen and oxygen atoms in total. The van der Waals surface area contributed by atoms with E-state index in [0.717, 1.165) is 17.6 Å². The lowest BCUT2D eigenvalue weighted by Crippen LogP contribution is -2.10. The minimum Gasteiger partial charge on any atom is -0.287 e. The van der Waals surface area contributed by atoms with Gasteiger partial charge in [-0.05, 0) is 31.4 Å². The lowest BCUT2D eigenvalue weighted by molar-refractivity contribution is 0.102. The number of carbonyl (C=O) groups excluding carboxylic acids is 1. The lowest BCUT2D eigenvalue weighted by atomic mass is 9.93. The average molecular weight is 172 g/mol. The van der Waals surface area contributed by atoms with Crippen molar-refractivity contribution < 1.29 is 4.79 Å². The van der Waals surface area contributed by atoms with Gasteiger partial charge < -0.3 is 0 Å². The number of pyridine rings is 1. The van der Waals surface area contributed by atoms with Crippen LogP contribution in [0.2, 0.25) is 0 Å². The molecule has 1 aliphatic rings. The highest BCUT2D eigenvalue weighted by Gasteiger charge is 2.17. The van der Waals surface area contributed by atoms with E-state index >= 15 is 0 Å². The smallest absolute Gasteiger partial charge is 0.207 e. The first-order chi connectivity index (χ1) is 6.27. The monoisotopic (exact) mass is 172 g/mol. The van der Waals surface area contributed by atoms with Gasteiger partial charge in [0.1, 0.15) is 5.69 Å². The maximum absolute atomic E-state index is 11.6. The van der Waals surface area contributed by atoms with Gasteiger partial charge in [-0.1, -0.05) is 12.1 Å². The van der Waals surface area contributed by atoms with E-state index in [1.54, 1.807) is 12.3 Å². The largest absolute Gasteiger partial charge is 0.287 e. The number of rotatable bonds is 2. The fraction of sp³-hybridized carbons (Fsp3) is 0.182. The van der Waals surface area contributed by atoms with Gasteiger partial charge in [-0.25, -0.2) is 0 Å². The number of allylic oxidation sites excluding steroid dienone is 2. The van der Waals surface area contributed by atoms with Crippen molar-refractivity contribution in [2.24, 2.45) is 0 Å². The Kier molecular flexibility index (Phi) is 1.97. The molecule has 13 heavy (non-hydrogen) atoms. The van der Waals surface area contributed by atoms with Crippen molar-refractivity contribution in [3.63, 3.8) is 0 Å². The van der Waals surface area contributed by atoms with Crippen molar-refractivity contribution >= 4 is 5.78 Å². The zero-order valence-corrected chi connectivity index (χ0v) is 7.45. The van der Waals surface area contributed by atoms with Gasteiger partial charge in [0.25, 0.3) is 0 Å². The summed E-state index contributed by atoms with van der Waals surface area (Å²) in [6.45, 7) is 1.95. The Balaban J connectivity index is 2.25. The van der Waals surface area contributed by atoms with Crippen LogP contribution in [-0.4, -0.2) is 10.8 Å². The van der Waals surface area contributed by atoms with Crippen molar-refractivity contribution in [3.05, 3.63) is 47.7 Å². The molecule has 2 heteroatoms. The highest BCUT2D eigenvalue weighted by Crippen LogP contribution is 2.20. The summed E-state index contributed by atoms with van der Waals surface area (Å²) in [5.41, 5.74) is 2.40. The van der Waals surface area contributed by atoms with Gasteiger partial charge >= 0.3 is 0 Å². The zero-order valence-electron chi connectivity index (χ0n) is 7.45. The molecule has 2 rings (SSSR count). The average Bonchev–Trinajstić information content (AvgIpc) is 2.02. The van der Waals surface area contributed by atoms with Crippen LogP contribution in [-0.2, 0) is 0 Å². The van der Waals surface area contributed by atoms with E-state index in [1.807, 2.05) is 25.5 Å². The second-order valence-electron chi connectivity index (χ2n) is 3.15. The van der Waals surface area contributed by atoms with Crippen LogP contribution in [0.4, 0.5) is 0 Å². The van der Waals surface area contributed by atoms with Crippen LogP contribution >= 0.6 is 0 Å². The van der Waals surface area contributed by atoms with Crippen molar-refractivity contribution in [1.82, 2.24) is 4.98 Å². The van der Waals surface area contributed by atoms with E-state index in [-0.39, 0.29) is 5.78 Å². The predicted molar refractivity (Wildman–Crippen MR) is 50.3 cm³/mol. The van der Waals surface area contributed by atoms with Crippen molar-refractivity contribution in [1.29, 1.82) is 0 Å². The number of nitrogens with zero attached hydrogens (tertiary/aromatic N) is 1. The molecule has 65 valence electrons. The van der Waals surface area contributed by atoms with Crippen LogP contribution in [0.3, 0.4) is 0 Å². The molecule has 0 fully saturated rings. The topological polar surface area (TPSA) is 30.0 Å².